The molecule has 5 nitrogen and oxygen atoms in total. The average molecular weight is 416 g/mol. The number of aromatic nitrogens is 1. The maximum Gasteiger partial charge on any atom is 0.271 e. The van der Waals surface area contributed by atoms with Crippen LogP contribution in [0.3, 0.4) is 0 Å². The number of hydrazone groups is 1. The first kappa shape index (κ1) is 20.0. The minimum absolute atomic E-state index is 0.300. The fraction of sp³-hybridized carbons (Fsp3) is 0.143. The summed E-state index contributed by atoms with van der Waals surface area (Å²) in [6.07, 6.45) is 1.61. The molecule has 2 aromatic carbocycles. The normalized spacial score (nSPS) is 11.0. The smallest absolute Gasteiger partial charge is 0.271 e. The number of carbonyl (C=O) groups excluding carboxylic acids is 1. The van der Waals surface area contributed by atoms with Crippen LogP contribution in [0.5, 0.6) is 5.75 Å². The van der Waals surface area contributed by atoms with E-state index in [1.807, 2.05) is 36.6 Å². The number of ether oxygens (including phenoxy) is 1. The van der Waals surface area contributed by atoms with Crippen molar-refractivity contribution in [3.05, 3.63) is 81.1 Å². The molecule has 3 rings (SSSR count). The topological polar surface area (TPSA) is 55.6 Å². The molecule has 0 aliphatic heterocycles. The molecule has 0 aliphatic rings. The van der Waals surface area contributed by atoms with Crippen molar-refractivity contribution < 1.29 is 9.53 Å². The minimum Gasteiger partial charge on any atom is -0.497 e. The zero-order valence-corrected chi connectivity index (χ0v) is 17.2. The maximum absolute atomic E-state index is 12.2. The van der Waals surface area contributed by atoms with E-state index in [1.165, 1.54) is 0 Å². The lowest BCUT2D eigenvalue weighted by Crippen LogP contribution is -2.17. The van der Waals surface area contributed by atoms with E-state index >= 15 is 0 Å². The summed E-state index contributed by atoms with van der Waals surface area (Å²) < 4.78 is 7.09. The lowest BCUT2D eigenvalue weighted by Gasteiger charge is -2.12. The van der Waals surface area contributed by atoms with E-state index in [-0.39, 0.29) is 5.91 Å². The molecule has 0 saturated heterocycles. The first-order chi connectivity index (χ1) is 13.4. The Bertz CT molecular complexity index is 1040. The number of hydrogen-bond donors (Lipinski definition) is 1. The molecule has 0 fully saturated rings. The summed E-state index contributed by atoms with van der Waals surface area (Å²) in [5.41, 5.74) is 6.60. The standard InChI is InChI=1S/C21H19Cl2N3O2/c1-13-11-16(14(2)26(13)19-6-4-5-18(22)20(19)23)12-24-25-21(27)15-7-9-17(28-3)10-8-15/h4-12H,1-3H3,(H,25,27)/b24-12-. The second kappa shape index (κ2) is 8.50. The second-order valence-electron chi connectivity index (χ2n) is 6.16. The van der Waals surface area contributed by atoms with Gasteiger partial charge in [0.25, 0.3) is 5.91 Å². The van der Waals surface area contributed by atoms with E-state index in [9.17, 15) is 4.79 Å². The number of amides is 1. The van der Waals surface area contributed by atoms with Crippen LogP contribution in [0.15, 0.2) is 53.6 Å². The number of nitrogens with one attached hydrogen (secondary N) is 1. The Kier molecular flexibility index (Phi) is 6.07. The van der Waals surface area contributed by atoms with E-state index in [4.69, 9.17) is 27.9 Å². The van der Waals surface area contributed by atoms with Crippen molar-refractivity contribution in [2.45, 2.75) is 13.8 Å². The quantitative estimate of drug-likeness (QED) is 0.461. The number of benzene rings is 2. The molecule has 0 radical (unpaired) electrons. The van der Waals surface area contributed by atoms with Gasteiger partial charge in [-0.05, 0) is 56.3 Å². The highest BCUT2D eigenvalue weighted by atomic mass is 35.5. The third-order valence-electron chi connectivity index (χ3n) is 4.36. The third-order valence-corrected chi connectivity index (χ3v) is 5.17. The SMILES string of the molecule is COc1ccc(C(=O)N/N=C\c2cc(C)n(-c3cccc(Cl)c3Cl)c2C)cc1. The Morgan fingerprint density at radius 2 is 1.86 bits per heavy atom. The van der Waals surface area contributed by atoms with Crippen LogP contribution in [-0.4, -0.2) is 23.8 Å². The summed E-state index contributed by atoms with van der Waals surface area (Å²) in [5, 5.41) is 5.06. The van der Waals surface area contributed by atoms with Crippen LogP contribution >= 0.6 is 23.2 Å². The van der Waals surface area contributed by atoms with Gasteiger partial charge in [-0.15, -0.1) is 0 Å². The van der Waals surface area contributed by atoms with Crippen LogP contribution in [0.25, 0.3) is 5.69 Å². The molecular weight excluding hydrogens is 397 g/mol. The minimum atomic E-state index is -0.300. The van der Waals surface area contributed by atoms with Crippen molar-refractivity contribution in [1.82, 2.24) is 9.99 Å². The molecule has 1 aromatic heterocycles. The number of rotatable bonds is 5. The Labute approximate surface area is 173 Å². The molecule has 0 unspecified atom stereocenters. The van der Waals surface area contributed by atoms with Crippen LogP contribution in [0.1, 0.15) is 27.3 Å². The second-order valence-corrected chi connectivity index (χ2v) is 6.95. The van der Waals surface area contributed by atoms with E-state index in [0.29, 0.717) is 21.4 Å². The van der Waals surface area contributed by atoms with Crippen LogP contribution in [-0.2, 0) is 0 Å². The fourth-order valence-corrected chi connectivity index (χ4v) is 3.30. The zero-order valence-electron chi connectivity index (χ0n) is 15.7. The van der Waals surface area contributed by atoms with Crippen molar-refractivity contribution in [1.29, 1.82) is 0 Å². The van der Waals surface area contributed by atoms with Gasteiger partial charge < -0.3 is 9.30 Å². The largest absolute Gasteiger partial charge is 0.497 e. The molecule has 7 heteroatoms. The average Bonchev–Trinajstić information content (AvgIpc) is 2.97. The fourth-order valence-electron chi connectivity index (χ4n) is 2.92. The van der Waals surface area contributed by atoms with Crippen LogP contribution in [0, 0.1) is 13.8 Å². The van der Waals surface area contributed by atoms with Crippen molar-refractivity contribution in [3.63, 3.8) is 0 Å². The Morgan fingerprint density at radius 3 is 2.54 bits per heavy atom. The Morgan fingerprint density at radius 1 is 1.14 bits per heavy atom. The predicted molar refractivity (Wildman–Crippen MR) is 113 cm³/mol. The van der Waals surface area contributed by atoms with Gasteiger partial charge in [-0.2, -0.15) is 5.10 Å². The third kappa shape index (κ3) is 4.06. The first-order valence-corrected chi connectivity index (χ1v) is 9.28. The van der Waals surface area contributed by atoms with Gasteiger partial charge in [-0.25, -0.2) is 5.43 Å². The van der Waals surface area contributed by atoms with Gasteiger partial charge in [-0.3, -0.25) is 4.79 Å². The summed E-state index contributed by atoms with van der Waals surface area (Å²) >= 11 is 12.5. The van der Waals surface area contributed by atoms with Gasteiger partial charge in [0.05, 0.1) is 29.1 Å². The van der Waals surface area contributed by atoms with E-state index < -0.39 is 0 Å². The zero-order chi connectivity index (χ0) is 20.3. The summed E-state index contributed by atoms with van der Waals surface area (Å²) in [4.78, 5) is 12.2. The molecule has 1 N–H and O–H groups in total. The first-order valence-electron chi connectivity index (χ1n) is 8.53. The Balaban J connectivity index is 1.79. The number of hydrogen-bond acceptors (Lipinski definition) is 3. The Hall–Kier alpha value is -2.76. The molecule has 1 amide bonds. The number of nitrogens with zero attached hydrogens (tertiary/aromatic N) is 2. The molecule has 0 spiro atoms. The number of carbonyl (C=O) groups is 1. The van der Waals surface area contributed by atoms with Gasteiger partial charge in [0.2, 0.25) is 0 Å². The van der Waals surface area contributed by atoms with Crippen LogP contribution in [0.2, 0.25) is 10.0 Å². The molecule has 0 bridgehead atoms. The highest BCUT2D eigenvalue weighted by molar-refractivity contribution is 6.43. The van der Waals surface area contributed by atoms with Gasteiger partial charge in [0.1, 0.15) is 5.75 Å². The van der Waals surface area contributed by atoms with Crippen LogP contribution in [0.4, 0.5) is 0 Å². The molecule has 144 valence electrons. The molecule has 28 heavy (non-hydrogen) atoms. The molecule has 0 aliphatic carbocycles. The van der Waals surface area contributed by atoms with Gasteiger partial charge in [-0.1, -0.05) is 29.3 Å². The molecule has 1 heterocycles. The van der Waals surface area contributed by atoms with E-state index in [2.05, 4.69) is 10.5 Å². The monoisotopic (exact) mass is 415 g/mol. The molecule has 0 atom stereocenters. The highest BCUT2D eigenvalue weighted by Crippen LogP contribution is 2.31. The van der Waals surface area contributed by atoms with Crippen molar-refractivity contribution in [2.24, 2.45) is 5.10 Å². The van der Waals surface area contributed by atoms with Crippen molar-refractivity contribution >= 4 is 35.3 Å². The number of methoxy groups -OCH3 is 1. The van der Waals surface area contributed by atoms with Crippen molar-refractivity contribution in [2.75, 3.05) is 7.11 Å². The molecule has 3 aromatic rings. The highest BCUT2D eigenvalue weighted by Gasteiger charge is 2.13. The maximum atomic E-state index is 12.2. The summed E-state index contributed by atoms with van der Waals surface area (Å²) in [6, 6.07) is 14.3. The summed E-state index contributed by atoms with van der Waals surface area (Å²) in [7, 11) is 1.58. The van der Waals surface area contributed by atoms with Crippen LogP contribution < -0.4 is 10.2 Å². The lowest BCUT2D eigenvalue weighted by molar-refractivity contribution is 0.0955. The summed E-state index contributed by atoms with van der Waals surface area (Å²) in [6.45, 7) is 3.92. The number of halogens is 2. The lowest BCUT2D eigenvalue weighted by atomic mass is 10.2. The number of aryl methyl sites for hydroxylation is 1. The molecular formula is C21H19Cl2N3O2. The van der Waals surface area contributed by atoms with Crippen molar-refractivity contribution in [3.8, 4) is 11.4 Å². The van der Waals surface area contributed by atoms with E-state index in [0.717, 1.165) is 22.6 Å². The predicted octanol–water partition coefficient (Wildman–Crippen LogP) is 5.17. The molecule has 0 saturated carbocycles. The van der Waals surface area contributed by atoms with Gasteiger partial charge in [0, 0.05) is 22.5 Å². The van der Waals surface area contributed by atoms with Gasteiger partial charge in [0.15, 0.2) is 0 Å². The van der Waals surface area contributed by atoms with E-state index in [1.54, 1.807) is 43.7 Å². The summed E-state index contributed by atoms with van der Waals surface area (Å²) in [5.74, 6) is 0.387. The van der Waals surface area contributed by atoms with Gasteiger partial charge >= 0.3 is 0 Å².